The zero-order valence-electron chi connectivity index (χ0n) is 10.0. The van der Waals surface area contributed by atoms with Crippen molar-refractivity contribution in [3.8, 4) is 0 Å². The van der Waals surface area contributed by atoms with Crippen molar-refractivity contribution in [3.63, 3.8) is 0 Å². The summed E-state index contributed by atoms with van der Waals surface area (Å²) in [5, 5.41) is 5.21. The van der Waals surface area contributed by atoms with Crippen molar-refractivity contribution in [2.75, 3.05) is 6.54 Å². The maximum Gasteiger partial charge on any atom is 0.390 e. The van der Waals surface area contributed by atoms with Gasteiger partial charge in [-0.15, -0.1) is 0 Å². The molecule has 2 N–H and O–H groups in total. The predicted octanol–water partition coefficient (Wildman–Crippen LogP) is 1.83. The minimum Gasteiger partial charge on any atom is -0.350 e. The van der Waals surface area contributed by atoms with Gasteiger partial charge in [-0.05, 0) is 27.7 Å². The molecule has 0 heterocycles. The molecule has 0 saturated heterocycles. The Kier molecular flexibility index (Phi) is 5.25. The molecule has 0 rings (SSSR count). The third-order valence-corrected chi connectivity index (χ3v) is 1.75. The molecule has 16 heavy (non-hydrogen) atoms. The second-order valence-electron chi connectivity index (χ2n) is 4.78. The highest BCUT2D eigenvalue weighted by Crippen LogP contribution is 2.18. The van der Waals surface area contributed by atoms with Gasteiger partial charge in [0.25, 0.3) is 0 Å². The molecule has 0 aliphatic carbocycles. The van der Waals surface area contributed by atoms with Gasteiger partial charge in [-0.2, -0.15) is 13.2 Å². The van der Waals surface area contributed by atoms with Crippen LogP contribution in [-0.4, -0.2) is 30.2 Å². The van der Waals surface area contributed by atoms with Crippen molar-refractivity contribution in [1.29, 1.82) is 0 Å². The van der Waals surface area contributed by atoms with E-state index in [2.05, 4.69) is 10.6 Å². The summed E-state index contributed by atoms with van der Waals surface area (Å²) in [6.07, 6.45) is -5.12. The molecule has 0 bridgehead atoms. The number of hydrogen-bond acceptors (Lipinski definition) is 2. The van der Waals surface area contributed by atoms with Crippen LogP contribution in [0.15, 0.2) is 0 Å². The van der Waals surface area contributed by atoms with E-state index in [-0.39, 0.29) is 18.0 Å². The quantitative estimate of drug-likeness (QED) is 0.787. The molecule has 1 amide bonds. The van der Waals surface area contributed by atoms with Crippen molar-refractivity contribution >= 4 is 5.91 Å². The Bertz CT molecular complexity index is 233. The third-order valence-electron chi connectivity index (χ3n) is 1.75. The van der Waals surface area contributed by atoms with E-state index in [1.807, 2.05) is 20.8 Å². The summed E-state index contributed by atoms with van der Waals surface area (Å²) in [7, 11) is 0. The summed E-state index contributed by atoms with van der Waals surface area (Å²) in [5.74, 6) is -0.297. The van der Waals surface area contributed by atoms with Gasteiger partial charge in [-0.1, -0.05) is 0 Å². The lowest BCUT2D eigenvalue weighted by molar-refractivity contribution is -0.135. The largest absolute Gasteiger partial charge is 0.390 e. The van der Waals surface area contributed by atoms with Gasteiger partial charge in [-0.3, -0.25) is 4.79 Å². The van der Waals surface area contributed by atoms with Gasteiger partial charge in [0, 0.05) is 12.1 Å². The Labute approximate surface area is 93.8 Å². The predicted molar refractivity (Wildman–Crippen MR) is 56.0 cm³/mol. The van der Waals surface area contributed by atoms with Crippen LogP contribution in [0.25, 0.3) is 0 Å². The van der Waals surface area contributed by atoms with Crippen LogP contribution in [0.1, 0.15) is 34.1 Å². The Balaban J connectivity index is 3.89. The molecule has 3 nitrogen and oxygen atoms in total. The van der Waals surface area contributed by atoms with Crippen LogP contribution in [0.2, 0.25) is 0 Å². The molecule has 96 valence electrons. The van der Waals surface area contributed by atoms with Gasteiger partial charge in [0.1, 0.15) is 0 Å². The van der Waals surface area contributed by atoms with Gasteiger partial charge < -0.3 is 10.6 Å². The summed E-state index contributed by atoms with van der Waals surface area (Å²) < 4.78 is 35.5. The Morgan fingerprint density at radius 2 is 1.75 bits per heavy atom. The second kappa shape index (κ2) is 5.52. The van der Waals surface area contributed by atoms with Crippen molar-refractivity contribution in [3.05, 3.63) is 0 Å². The maximum atomic E-state index is 11.8. The van der Waals surface area contributed by atoms with Crippen LogP contribution < -0.4 is 10.6 Å². The van der Waals surface area contributed by atoms with E-state index in [4.69, 9.17) is 0 Å². The first kappa shape index (κ1) is 15.2. The molecule has 0 radical (unpaired) electrons. The molecule has 0 aliphatic rings. The Morgan fingerprint density at radius 1 is 1.25 bits per heavy atom. The van der Waals surface area contributed by atoms with Gasteiger partial charge in [-0.25, -0.2) is 0 Å². The minimum atomic E-state index is -4.19. The van der Waals surface area contributed by atoms with Gasteiger partial charge >= 0.3 is 6.18 Å². The van der Waals surface area contributed by atoms with E-state index < -0.39 is 18.6 Å². The fraction of sp³-hybridized carbons (Fsp3) is 0.900. The number of nitrogens with one attached hydrogen (secondary N) is 2. The minimum absolute atomic E-state index is 0.248. The number of hydrogen-bond donors (Lipinski definition) is 2. The number of carbonyl (C=O) groups excluding carboxylic acids is 1. The third kappa shape index (κ3) is 8.52. The van der Waals surface area contributed by atoms with E-state index in [1.54, 1.807) is 0 Å². The molecule has 0 aromatic heterocycles. The van der Waals surface area contributed by atoms with Crippen molar-refractivity contribution in [2.45, 2.75) is 51.9 Å². The lowest BCUT2D eigenvalue weighted by Gasteiger charge is -2.23. The summed E-state index contributed by atoms with van der Waals surface area (Å²) >= 11 is 0. The average Bonchev–Trinajstić information content (AvgIpc) is 1.98. The van der Waals surface area contributed by atoms with Crippen molar-refractivity contribution < 1.29 is 18.0 Å². The fourth-order valence-electron chi connectivity index (χ4n) is 1.00. The Hall–Kier alpha value is -0.780. The van der Waals surface area contributed by atoms with E-state index in [0.717, 1.165) is 0 Å². The van der Waals surface area contributed by atoms with Gasteiger partial charge in [0.15, 0.2) is 0 Å². The average molecular weight is 240 g/mol. The molecule has 0 aromatic rings. The molecule has 0 spiro atoms. The highest BCUT2D eigenvalue weighted by Gasteiger charge is 2.27. The molecule has 0 aromatic carbocycles. The van der Waals surface area contributed by atoms with E-state index >= 15 is 0 Å². The molecule has 0 aliphatic heterocycles. The summed E-state index contributed by atoms with van der Waals surface area (Å²) in [4.78, 5) is 11.5. The summed E-state index contributed by atoms with van der Waals surface area (Å²) in [6.45, 7) is 6.73. The normalized spacial score (nSPS) is 14.7. The van der Waals surface area contributed by atoms with E-state index in [0.29, 0.717) is 0 Å². The first-order valence-corrected chi connectivity index (χ1v) is 5.13. The number of alkyl halides is 3. The molecule has 6 heteroatoms. The maximum absolute atomic E-state index is 11.8. The van der Waals surface area contributed by atoms with Crippen molar-refractivity contribution in [2.24, 2.45) is 0 Å². The molecular weight excluding hydrogens is 221 g/mol. The van der Waals surface area contributed by atoms with Crippen LogP contribution in [0.5, 0.6) is 0 Å². The van der Waals surface area contributed by atoms with Gasteiger partial charge in [0.2, 0.25) is 5.91 Å². The first-order chi connectivity index (χ1) is 7.01. The number of halogens is 3. The van der Waals surface area contributed by atoms with Crippen LogP contribution in [-0.2, 0) is 4.79 Å². The van der Waals surface area contributed by atoms with Crippen LogP contribution in [0, 0.1) is 0 Å². The highest BCUT2D eigenvalue weighted by molar-refractivity contribution is 5.81. The number of amides is 1. The highest BCUT2D eigenvalue weighted by atomic mass is 19.4. The molecule has 1 unspecified atom stereocenters. The Morgan fingerprint density at radius 3 is 2.12 bits per heavy atom. The molecular formula is C10H19F3N2O. The monoisotopic (exact) mass is 240 g/mol. The smallest absolute Gasteiger partial charge is 0.350 e. The van der Waals surface area contributed by atoms with Crippen LogP contribution >= 0.6 is 0 Å². The second-order valence-corrected chi connectivity index (χ2v) is 4.78. The standard InChI is InChI=1S/C10H19F3N2O/c1-7(8(16)15-9(2,3)4)14-6-5-10(11,12)13/h7,14H,5-6H2,1-4H3,(H,15,16). The van der Waals surface area contributed by atoms with Crippen LogP contribution in [0.4, 0.5) is 13.2 Å². The number of rotatable bonds is 4. The SMILES string of the molecule is CC(NCCC(F)(F)F)C(=O)NC(C)(C)C. The molecule has 0 fully saturated rings. The van der Waals surface area contributed by atoms with Gasteiger partial charge in [0.05, 0.1) is 12.5 Å². The lowest BCUT2D eigenvalue weighted by atomic mass is 10.1. The topological polar surface area (TPSA) is 41.1 Å². The fourth-order valence-corrected chi connectivity index (χ4v) is 1.00. The first-order valence-electron chi connectivity index (χ1n) is 5.13. The van der Waals surface area contributed by atoms with E-state index in [9.17, 15) is 18.0 Å². The summed E-state index contributed by atoms with van der Waals surface area (Å²) in [5.41, 5.74) is -0.378. The molecule has 0 saturated carbocycles. The lowest BCUT2D eigenvalue weighted by Crippen LogP contribution is -2.49. The zero-order valence-corrected chi connectivity index (χ0v) is 10.0. The number of carbonyl (C=O) groups is 1. The molecule has 1 atom stereocenters. The van der Waals surface area contributed by atoms with E-state index in [1.165, 1.54) is 6.92 Å². The zero-order chi connectivity index (χ0) is 13.0. The summed E-state index contributed by atoms with van der Waals surface area (Å²) in [6, 6.07) is -0.624. The van der Waals surface area contributed by atoms with Crippen LogP contribution in [0.3, 0.4) is 0 Å². The van der Waals surface area contributed by atoms with Crippen molar-refractivity contribution in [1.82, 2.24) is 10.6 Å².